The average Bonchev–Trinajstić information content (AvgIpc) is 1.08. The Hall–Kier alpha value is -9.42. The summed E-state index contributed by atoms with van der Waals surface area (Å²) < 4.78 is 5.11. The van der Waals surface area contributed by atoms with Gasteiger partial charge in [0.1, 0.15) is 0 Å². The van der Waals surface area contributed by atoms with Gasteiger partial charge in [0.15, 0.2) is 0 Å². The van der Waals surface area contributed by atoms with Crippen molar-refractivity contribution in [3.05, 3.63) is 253 Å². The number of thiophene rings is 1. The van der Waals surface area contributed by atoms with Crippen LogP contribution in [0.15, 0.2) is 231 Å². The van der Waals surface area contributed by atoms with Crippen molar-refractivity contribution in [3.63, 3.8) is 0 Å². The second-order valence-electron chi connectivity index (χ2n) is 30.4. The zero-order valence-electron chi connectivity index (χ0n) is 54.3. The second-order valence-corrected chi connectivity index (χ2v) is 31.4. The average molecular weight is 1190 g/mol. The van der Waals surface area contributed by atoms with Gasteiger partial charge in [0.25, 0.3) is 6.71 Å². The van der Waals surface area contributed by atoms with E-state index in [4.69, 9.17) is 0 Å². The number of benzene rings is 13. The molecule has 0 aliphatic carbocycles. The van der Waals surface area contributed by atoms with E-state index in [9.17, 15) is 0 Å². The molecule has 0 saturated heterocycles. The van der Waals surface area contributed by atoms with Crippen molar-refractivity contribution in [2.45, 2.75) is 105 Å². The molecular weight excluding hydrogens is 1120 g/mol. The summed E-state index contributed by atoms with van der Waals surface area (Å²) in [7, 11) is 0. The fourth-order valence-electron chi connectivity index (χ4n) is 15.1. The molecule has 0 saturated carbocycles. The van der Waals surface area contributed by atoms with Gasteiger partial charge in [0.2, 0.25) is 0 Å². The van der Waals surface area contributed by atoms with Gasteiger partial charge in [0, 0.05) is 70.8 Å². The van der Waals surface area contributed by atoms with Crippen LogP contribution in [0.4, 0.5) is 34.1 Å². The number of aromatic nitrogens is 1. The van der Waals surface area contributed by atoms with Crippen molar-refractivity contribution in [2.24, 2.45) is 0 Å². The molecule has 5 heteroatoms. The molecule has 0 radical (unpaired) electrons. The van der Waals surface area contributed by atoms with Crippen LogP contribution in [0.2, 0.25) is 0 Å². The number of para-hydroxylation sites is 1. The lowest BCUT2D eigenvalue weighted by Gasteiger charge is -2.45. The van der Waals surface area contributed by atoms with Crippen LogP contribution in [-0.4, -0.2) is 11.3 Å². The van der Waals surface area contributed by atoms with Crippen molar-refractivity contribution in [3.8, 4) is 16.8 Å². The third-order valence-electron chi connectivity index (χ3n) is 20.1. The number of rotatable bonds is 4. The van der Waals surface area contributed by atoms with E-state index in [1.54, 1.807) is 0 Å². The molecule has 442 valence electrons. The minimum atomic E-state index is -0.126. The quantitative estimate of drug-likeness (QED) is 0.129. The van der Waals surface area contributed by atoms with Gasteiger partial charge in [0.05, 0.1) is 11.0 Å². The van der Waals surface area contributed by atoms with Gasteiger partial charge in [-0.15, -0.1) is 11.3 Å². The number of anilines is 6. The number of hydrogen-bond donors (Lipinski definition) is 0. The molecule has 0 fully saturated rings. The van der Waals surface area contributed by atoms with Gasteiger partial charge in [-0.1, -0.05) is 198 Å². The summed E-state index contributed by atoms with van der Waals surface area (Å²) in [5, 5.41) is 15.0. The summed E-state index contributed by atoms with van der Waals surface area (Å²) in [5.74, 6) is 0. The molecule has 0 atom stereocenters. The molecule has 2 aliphatic rings. The third kappa shape index (κ3) is 8.89. The Morgan fingerprint density at radius 2 is 0.725 bits per heavy atom. The van der Waals surface area contributed by atoms with Crippen molar-refractivity contribution in [1.82, 2.24) is 4.57 Å². The van der Waals surface area contributed by atoms with E-state index in [-0.39, 0.29) is 28.4 Å². The van der Waals surface area contributed by atoms with Crippen LogP contribution in [0.25, 0.3) is 102 Å². The molecule has 0 N–H and O–H groups in total. The smallest absolute Gasteiger partial charge is 0.252 e. The zero-order chi connectivity index (χ0) is 62.4. The Morgan fingerprint density at radius 3 is 1.21 bits per heavy atom. The van der Waals surface area contributed by atoms with Crippen LogP contribution in [0.3, 0.4) is 0 Å². The maximum atomic E-state index is 2.69. The van der Waals surface area contributed by atoms with Crippen LogP contribution in [0.1, 0.15) is 105 Å². The first kappa shape index (κ1) is 55.6. The molecule has 2 aliphatic heterocycles. The first-order valence-electron chi connectivity index (χ1n) is 32.6. The normalized spacial score (nSPS) is 13.6. The Morgan fingerprint density at radius 1 is 0.286 bits per heavy atom. The number of fused-ring (bicyclic) bond motifs is 14. The Labute approximate surface area is 538 Å². The highest BCUT2D eigenvalue weighted by Crippen LogP contribution is 2.51. The summed E-state index contributed by atoms with van der Waals surface area (Å²) >= 11 is 1.89. The SMILES string of the molecule is CC(C)(C)c1cc(N2c3cc4cc5ccccc5cc4cc3B3c4cc5cc6ccccc6cc5cc4N(c4cc(C(C)(C)C)cc(C(C)(C)C)c4)c4cc(-c5ccc6c(c5)c5cc7sc8ccccc8c7cc5n6-c5ccccc5)cc2c43)cc(C(C)(C)C)c1. The molecule has 17 rings (SSSR count). The molecule has 2 aromatic heterocycles. The van der Waals surface area contributed by atoms with Crippen LogP contribution >= 0.6 is 11.3 Å². The van der Waals surface area contributed by atoms with E-state index in [1.807, 2.05) is 11.3 Å². The van der Waals surface area contributed by atoms with Gasteiger partial charge in [-0.25, -0.2) is 0 Å². The molecule has 0 unspecified atom stereocenters. The molecular formula is C86H74BN3S. The highest BCUT2D eigenvalue weighted by Gasteiger charge is 2.45. The van der Waals surface area contributed by atoms with E-state index in [2.05, 4.69) is 328 Å². The highest BCUT2D eigenvalue weighted by molar-refractivity contribution is 7.25. The lowest BCUT2D eigenvalue weighted by atomic mass is 9.33. The minimum Gasteiger partial charge on any atom is -0.311 e. The second kappa shape index (κ2) is 19.5. The largest absolute Gasteiger partial charge is 0.311 e. The van der Waals surface area contributed by atoms with Crippen molar-refractivity contribution >= 4 is 154 Å². The van der Waals surface area contributed by atoms with Crippen LogP contribution < -0.4 is 26.2 Å². The molecule has 0 amide bonds. The summed E-state index contributed by atoms with van der Waals surface area (Å²) in [6.07, 6.45) is 0. The molecule has 3 nitrogen and oxygen atoms in total. The fourth-order valence-corrected chi connectivity index (χ4v) is 16.2. The standard InChI is InChI=1S/C86H74BN3S/c1-83(2,3)61-43-62(84(4,5)6)46-66(45-61)89-76-39-58-34-53-24-18-16-22-51(53)32-56(58)37-72(76)87-73-38-57-33-52-23-17-19-25-54(52)35-59(57)40-77(73)90(67-47-63(85(7,8)9)44-64(48-67)86(10,11)12)79-42-60(41-78(89)82(79)87)55-30-31-74-69(36-55)70-50-81-71(68-28-20-21-29-80(68)91-81)49-75(70)88(74)65-26-14-13-15-27-65/h13-50H,1-12H3. The molecule has 0 spiro atoms. The molecule has 91 heavy (non-hydrogen) atoms. The van der Waals surface area contributed by atoms with Crippen molar-refractivity contribution in [2.75, 3.05) is 9.80 Å². The predicted molar refractivity (Wildman–Crippen MR) is 398 cm³/mol. The molecule has 13 aromatic carbocycles. The molecule has 15 aromatic rings. The summed E-state index contributed by atoms with van der Waals surface area (Å²) in [6.45, 7) is 28.3. The Balaban J connectivity index is 1.03. The minimum absolute atomic E-state index is 0.125. The van der Waals surface area contributed by atoms with Gasteiger partial charge >= 0.3 is 0 Å². The topological polar surface area (TPSA) is 11.4 Å². The predicted octanol–water partition coefficient (Wildman–Crippen LogP) is 22.7. The monoisotopic (exact) mass is 1190 g/mol. The van der Waals surface area contributed by atoms with E-state index in [0.29, 0.717) is 0 Å². The third-order valence-corrected chi connectivity index (χ3v) is 21.3. The van der Waals surface area contributed by atoms with Gasteiger partial charge in [-0.2, -0.15) is 0 Å². The zero-order valence-corrected chi connectivity index (χ0v) is 55.1. The lowest BCUT2D eigenvalue weighted by Crippen LogP contribution is -2.61. The maximum absolute atomic E-state index is 2.69. The highest BCUT2D eigenvalue weighted by atomic mass is 32.1. The summed E-state index contributed by atoms with van der Waals surface area (Å²) in [6, 6.07) is 89.9. The van der Waals surface area contributed by atoms with E-state index < -0.39 is 0 Å². The van der Waals surface area contributed by atoms with Crippen LogP contribution in [-0.2, 0) is 21.7 Å². The van der Waals surface area contributed by atoms with E-state index in [0.717, 1.165) is 5.69 Å². The maximum Gasteiger partial charge on any atom is 0.252 e. The van der Waals surface area contributed by atoms with Crippen LogP contribution in [0.5, 0.6) is 0 Å². The van der Waals surface area contributed by atoms with Crippen molar-refractivity contribution in [1.29, 1.82) is 0 Å². The summed E-state index contributed by atoms with van der Waals surface area (Å²) in [4.78, 5) is 5.38. The van der Waals surface area contributed by atoms with E-state index in [1.165, 1.54) is 169 Å². The van der Waals surface area contributed by atoms with Gasteiger partial charge in [-0.3, -0.25) is 0 Å². The Bertz CT molecular complexity index is 5310. The number of nitrogens with zero attached hydrogens (tertiary/aromatic N) is 3. The van der Waals surface area contributed by atoms with Gasteiger partial charge < -0.3 is 14.4 Å². The van der Waals surface area contributed by atoms with E-state index >= 15 is 0 Å². The molecule has 4 heterocycles. The summed E-state index contributed by atoms with van der Waals surface area (Å²) in [5.41, 5.74) is 21.8. The molecule has 0 bridgehead atoms. The van der Waals surface area contributed by atoms with Crippen LogP contribution in [0, 0.1) is 0 Å². The lowest BCUT2D eigenvalue weighted by molar-refractivity contribution is 0.568. The fraction of sp³-hybridized carbons (Fsp3) is 0.186. The Kier molecular flexibility index (Phi) is 12.0. The van der Waals surface area contributed by atoms with Gasteiger partial charge in [-0.05, 0) is 230 Å². The number of hydrogen-bond acceptors (Lipinski definition) is 3. The van der Waals surface area contributed by atoms with Crippen molar-refractivity contribution < 1.29 is 0 Å². The first-order chi connectivity index (χ1) is 43.6. The first-order valence-corrected chi connectivity index (χ1v) is 33.4.